The molecule has 6 heteroatoms. The first-order chi connectivity index (χ1) is 9.39. The highest BCUT2D eigenvalue weighted by Gasteiger charge is 2.39. The Bertz CT molecular complexity index is 394. The lowest BCUT2D eigenvalue weighted by atomic mass is 10.0. The van der Waals surface area contributed by atoms with Crippen LogP contribution < -0.4 is 0 Å². The van der Waals surface area contributed by atoms with E-state index in [1.165, 1.54) is 4.90 Å². The summed E-state index contributed by atoms with van der Waals surface area (Å²) >= 11 is 0. The predicted molar refractivity (Wildman–Crippen MR) is 77.8 cm³/mol. The second-order valence-electron chi connectivity index (χ2n) is 7.41. The van der Waals surface area contributed by atoms with E-state index in [-0.39, 0.29) is 6.54 Å². The van der Waals surface area contributed by atoms with E-state index in [9.17, 15) is 14.7 Å². The van der Waals surface area contributed by atoms with E-state index in [1.54, 1.807) is 41.5 Å². The standard InChI is InChI=1S/C15H27NO5/c1-14(2,3)20-12(18)11-8-7-10(17)9-16(11)13(19)21-15(4,5)6/h10-11,17H,7-9H2,1-6H3/t10-,11?/m0/s1. The molecule has 0 spiro atoms. The van der Waals surface area contributed by atoms with Gasteiger partial charge in [-0.25, -0.2) is 9.59 Å². The van der Waals surface area contributed by atoms with E-state index < -0.39 is 35.4 Å². The zero-order valence-corrected chi connectivity index (χ0v) is 13.8. The second-order valence-corrected chi connectivity index (χ2v) is 7.41. The van der Waals surface area contributed by atoms with E-state index >= 15 is 0 Å². The topological polar surface area (TPSA) is 76.1 Å². The number of aliphatic hydroxyl groups excluding tert-OH is 1. The van der Waals surface area contributed by atoms with Gasteiger partial charge in [-0.3, -0.25) is 4.90 Å². The number of nitrogens with zero attached hydrogens (tertiary/aromatic N) is 1. The first kappa shape index (κ1) is 17.8. The van der Waals surface area contributed by atoms with Gasteiger partial charge in [0.2, 0.25) is 0 Å². The summed E-state index contributed by atoms with van der Waals surface area (Å²) in [6.45, 7) is 10.7. The fourth-order valence-corrected chi connectivity index (χ4v) is 2.09. The van der Waals surface area contributed by atoms with Crippen molar-refractivity contribution in [3.8, 4) is 0 Å². The molecule has 1 N–H and O–H groups in total. The highest BCUT2D eigenvalue weighted by Crippen LogP contribution is 2.23. The molecule has 0 aromatic rings. The zero-order chi connectivity index (χ0) is 16.4. The number of carbonyl (C=O) groups is 2. The first-order valence-electron chi connectivity index (χ1n) is 7.29. The minimum atomic E-state index is -0.706. The van der Waals surface area contributed by atoms with Crippen LogP contribution in [0.5, 0.6) is 0 Å². The van der Waals surface area contributed by atoms with Gasteiger partial charge in [0.15, 0.2) is 0 Å². The number of likely N-dealkylation sites (tertiary alicyclic amines) is 1. The maximum Gasteiger partial charge on any atom is 0.411 e. The van der Waals surface area contributed by atoms with E-state index in [4.69, 9.17) is 9.47 Å². The summed E-state index contributed by atoms with van der Waals surface area (Å²) in [7, 11) is 0. The summed E-state index contributed by atoms with van der Waals surface area (Å²) in [5.41, 5.74) is -1.27. The Balaban J connectivity index is 2.84. The average molecular weight is 301 g/mol. The number of esters is 1. The highest BCUT2D eigenvalue weighted by atomic mass is 16.6. The lowest BCUT2D eigenvalue weighted by Crippen LogP contribution is -2.54. The molecule has 1 aliphatic rings. The van der Waals surface area contributed by atoms with E-state index in [0.717, 1.165) is 0 Å². The van der Waals surface area contributed by atoms with Crippen LogP contribution in [0.4, 0.5) is 4.79 Å². The lowest BCUT2D eigenvalue weighted by Gasteiger charge is -2.38. The number of rotatable bonds is 1. The molecule has 1 rings (SSSR count). The molecule has 1 unspecified atom stereocenters. The van der Waals surface area contributed by atoms with Gasteiger partial charge in [-0.05, 0) is 54.4 Å². The van der Waals surface area contributed by atoms with Crippen LogP contribution in [0.15, 0.2) is 0 Å². The van der Waals surface area contributed by atoms with Crippen LogP contribution in [0.3, 0.4) is 0 Å². The molecule has 2 atom stereocenters. The summed E-state index contributed by atoms with van der Waals surface area (Å²) in [4.78, 5) is 25.7. The van der Waals surface area contributed by atoms with Gasteiger partial charge in [0.05, 0.1) is 12.6 Å². The number of hydrogen-bond acceptors (Lipinski definition) is 5. The van der Waals surface area contributed by atoms with Crippen molar-refractivity contribution in [1.82, 2.24) is 4.90 Å². The second kappa shape index (κ2) is 6.22. The lowest BCUT2D eigenvalue weighted by molar-refractivity contribution is -0.163. The predicted octanol–water partition coefficient (Wildman–Crippen LogP) is 2.09. The van der Waals surface area contributed by atoms with Crippen molar-refractivity contribution in [1.29, 1.82) is 0 Å². The summed E-state index contributed by atoms with van der Waals surface area (Å²) in [5.74, 6) is -0.458. The van der Waals surface area contributed by atoms with Gasteiger partial charge in [0.1, 0.15) is 17.2 Å². The SMILES string of the molecule is CC(C)(C)OC(=O)C1CC[C@H](O)CN1C(=O)OC(C)(C)C. The largest absolute Gasteiger partial charge is 0.458 e. The minimum absolute atomic E-state index is 0.0822. The smallest absolute Gasteiger partial charge is 0.411 e. The van der Waals surface area contributed by atoms with Crippen LogP contribution >= 0.6 is 0 Å². The van der Waals surface area contributed by atoms with Crippen molar-refractivity contribution in [2.45, 2.75) is 77.7 Å². The maximum absolute atomic E-state index is 12.2. The molecule has 1 aliphatic heterocycles. The third kappa shape index (κ3) is 5.91. The van der Waals surface area contributed by atoms with Gasteiger partial charge < -0.3 is 14.6 Å². The van der Waals surface area contributed by atoms with Crippen LogP contribution in [0, 0.1) is 0 Å². The number of piperidine rings is 1. The van der Waals surface area contributed by atoms with Crippen molar-refractivity contribution in [3.05, 3.63) is 0 Å². The highest BCUT2D eigenvalue weighted by molar-refractivity contribution is 5.82. The molecule has 0 aliphatic carbocycles. The van der Waals surface area contributed by atoms with Gasteiger partial charge in [0, 0.05) is 0 Å². The molecule has 1 amide bonds. The fourth-order valence-electron chi connectivity index (χ4n) is 2.09. The van der Waals surface area contributed by atoms with Crippen molar-refractivity contribution < 1.29 is 24.2 Å². The minimum Gasteiger partial charge on any atom is -0.458 e. The molecule has 0 bridgehead atoms. The summed E-state index contributed by atoms with van der Waals surface area (Å²) in [5, 5.41) is 9.76. The van der Waals surface area contributed by atoms with Crippen molar-refractivity contribution in [3.63, 3.8) is 0 Å². The van der Waals surface area contributed by atoms with Crippen molar-refractivity contribution in [2.75, 3.05) is 6.54 Å². The molecule has 0 saturated carbocycles. The Kier molecular flexibility index (Phi) is 5.25. The number of hydrogen-bond donors (Lipinski definition) is 1. The van der Waals surface area contributed by atoms with Gasteiger partial charge >= 0.3 is 12.1 Å². The Morgan fingerprint density at radius 2 is 1.52 bits per heavy atom. The van der Waals surface area contributed by atoms with Crippen LogP contribution in [-0.4, -0.2) is 52.0 Å². The van der Waals surface area contributed by atoms with Gasteiger partial charge in [-0.15, -0.1) is 0 Å². The average Bonchev–Trinajstić information content (AvgIpc) is 2.23. The molecule has 1 saturated heterocycles. The molecule has 1 heterocycles. The Hall–Kier alpha value is -1.30. The van der Waals surface area contributed by atoms with Crippen LogP contribution in [0.25, 0.3) is 0 Å². The van der Waals surface area contributed by atoms with E-state index in [1.807, 2.05) is 0 Å². The quantitative estimate of drug-likeness (QED) is 0.750. The maximum atomic E-state index is 12.2. The summed E-state index contributed by atoms with van der Waals surface area (Å²) in [6, 6.07) is -0.706. The van der Waals surface area contributed by atoms with E-state index in [2.05, 4.69) is 0 Å². The molecule has 0 aromatic carbocycles. The third-order valence-electron chi connectivity index (χ3n) is 2.86. The Labute approximate surface area is 126 Å². The Morgan fingerprint density at radius 1 is 1.00 bits per heavy atom. The van der Waals surface area contributed by atoms with Gasteiger partial charge in [0.25, 0.3) is 0 Å². The van der Waals surface area contributed by atoms with Crippen molar-refractivity contribution in [2.24, 2.45) is 0 Å². The number of ether oxygens (including phenoxy) is 2. The summed E-state index contributed by atoms with van der Waals surface area (Å²) in [6.07, 6.45) is -0.410. The van der Waals surface area contributed by atoms with Crippen LogP contribution in [0.2, 0.25) is 0 Å². The molecule has 21 heavy (non-hydrogen) atoms. The van der Waals surface area contributed by atoms with E-state index in [0.29, 0.717) is 12.8 Å². The molecular formula is C15H27NO5. The number of amides is 1. The first-order valence-corrected chi connectivity index (χ1v) is 7.29. The normalized spacial score (nSPS) is 23.7. The molecule has 6 nitrogen and oxygen atoms in total. The summed E-state index contributed by atoms with van der Waals surface area (Å²) < 4.78 is 10.7. The monoisotopic (exact) mass is 301 g/mol. The molecule has 0 aromatic heterocycles. The molecule has 1 fully saturated rings. The third-order valence-corrected chi connectivity index (χ3v) is 2.86. The molecule has 122 valence electrons. The van der Waals surface area contributed by atoms with Crippen LogP contribution in [0.1, 0.15) is 54.4 Å². The fraction of sp³-hybridized carbons (Fsp3) is 0.867. The number of aliphatic hydroxyl groups is 1. The molecule has 0 radical (unpaired) electrons. The zero-order valence-electron chi connectivity index (χ0n) is 13.8. The Morgan fingerprint density at radius 3 is 2.00 bits per heavy atom. The van der Waals surface area contributed by atoms with Gasteiger partial charge in [-0.1, -0.05) is 0 Å². The van der Waals surface area contributed by atoms with Crippen LogP contribution in [-0.2, 0) is 14.3 Å². The van der Waals surface area contributed by atoms with Crippen molar-refractivity contribution >= 4 is 12.1 Å². The number of carbonyl (C=O) groups excluding carboxylic acids is 2. The van der Waals surface area contributed by atoms with Gasteiger partial charge in [-0.2, -0.15) is 0 Å². The molecular weight excluding hydrogens is 274 g/mol. The number of β-amino-alcohol motifs (C(OH)–C–C–N with tert-alkyl or cyclic N) is 1.